The zero-order chi connectivity index (χ0) is 38.6. The predicted molar refractivity (Wildman–Crippen MR) is 215 cm³/mol. The molecule has 53 heavy (non-hydrogen) atoms. The fraction of sp³-hybridized carbons (Fsp3) is 0.841. The smallest absolute Gasteiger partial charge is 0.306 e. The summed E-state index contributed by atoms with van der Waals surface area (Å²) in [4.78, 5) is 12.7. The van der Waals surface area contributed by atoms with Crippen molar-refractivity contribution < 1.29 is 44.2 Å². The van der Waals surface area contributed by atoms with Gasteiger partial charge in [-0.1, -0.05) is 140 Å². The van der Waals surface area contributed by atoms with E-state index in [-0.39, 0.29) is 19.2 Å². The van der Waals surface area contributed by atoms with E-state index in [1.54, 1.807) is 0 Å². The summed E-state index contributed by atoms with van der Waals surface area (Å²) < 4.78 is 22.7. The highest BCUT2D eigenvalue weighted by molar-refractivity contribution is 5.69. The van der Waals surface area contributed by atoms with Crippen LogP contribution in [0.3, 0.4) is 0 Å². The second kappa shape index (κ2) is 36.1. The first kappa shape index (κ1) is 49.4. The number of hydrogen-bond acceptors (Lipinski definition) is 9. The number of carbonyl (C=O) groups is 1. The first-order valence-corrected chi connectivity index (χ1v) is 21.6. The first-order valence-electron chi connectivity index (χ1n) is 21.6. The van der Waals surface area contributed by atoms with Crippen LogP contribution in [0.15, 0.2) is 36.5 Å². The van der Waals surface area contributed by atoms with Gasteiger partial charge in [-0.05, 0) is 64.2 Å². The molecule has 9 heteroatoms. The van der Waals surface area contributed by atoms with Gasteiger partial charge >= 0.3 is 5.97 Å². The molecule has 0 spiro atoms. The molecule has 0 bridgehead atoms. The largest absolute Gasteiger partial charge is 0.457 e. The molecule has 0 aromatic carbocycles. The zero-order valence-electron chi connectivity index (χ0n) is 33.8. The molecular weight excluding hydrogens is 672 g/mol. The standard InChI is InChI=1S/C44H80O9/c1-3-5-7-9-11-13-15-17-18-19-20-21-22-23-25-27-29-31-33-40(46)52-38(37-51-44-43(49)42(48)41(47)39(35-45)53-44)36-50-34-32-30-28-26-24-16-14-12-10-8-6-4-2/h10,12-13,15,18-19,38-39,41-45,47-49H,3-9,11,14,16-17,20-37H2,1-2H3/b12-10-,15-13-,19-18-. The Morgan fingerprint density at radius 1 is 0.604 bits per heavy atom. The molecule has 4 N–H and O–H groups in total. The third-order valence-electron chi connectivity index (χ3n) is 9.78. The van der Waals surface area contributed by atoms with Gasteiger partial charge < -0.3 is 39.4 Å². The number of esters is 1. The molecule has 1 aliphatic heterocycles. The van der Waals surface area contributed by atoms with Gasteiger partial charge in [-0.25, -0.2) is 0 Å². The molecule has 0 aliphatic carbocycles. The molecule has 0 aromatic heterocycles. The van der Waals surface area contributed by atoms with Crippen molar-refractivity contribution in [1.82, 2.24) is 0 Å². The molecule has 1 fully saturated rings. The second-order valence-corrected chi connectivity index (χ2v) is 14.8. The van der Waals surface area contributed by atoms with Crippen LogP contribution in [0, 0.1) is 0 Å². The summed E-state index contributed by atoms with van der Waals surface area (Å²) in [7, 11) is 0. The minimum atomic E-state index is -1.54. The van der Waals surface area contributed by atoms with Gasteiger partial charge in [-0.3, -0.25) is 4.79 Å². The average Bonchev–Trinajstić information content (AvgIpc) is 3.16. The highest BCUT2D eigenvalue weighted by Crippen LogP contribution is 2.22. The lowest BCUT2D eigenvalue weighted by molar-refractivity contribution is -0.305. The van der Waals surface area contributed by atoms with Gasteiger partial charge in [-0.15, -0.1) is 0 Å². The molecule has 6 unspecified atom stereocenters. The molecule has 1 rings (SSSR count). The van der Waals surface area contributed by atoms with Crippen LogP contribution in [0.2, 0.25) is 0 Å². The Hall–Kier alpha value is -1.59. The van der Waals surface area contributed by atoms with Crippen molar-refractivity contribution in [2.75, 3.05) is 26.4 Å². The SMILES string of the molecule is CCCC/C=C\CCCCCCCCOCC(COC1OC(CO)C(O)C(O)C1O)OC(=O)CCCCCCCCC/C=C\C/C=C\CCCCCC. The Labute approximate surface area is 323 Å². The maximum absolute atomic E-state index is 12.7. The Morgan fingerprint density at radius 3 is 1.70 bits per heavy atom. The number of rotatable bonds is 36. The maximum Gasteiger partial charge on any atom is 0.306 e. The van der Waals surface area contributed by atoms with Crippen molar-refractivity contribution in [2.45, 2.75) is 211 Å². The van der Waals surface area contributed by atoms with Crippen molar-refractivity contribution in [3.63, 3.8) is 0 Å². The normalized spacial score (nSPS) is 21.4. The molecule has 0 aromatic rings. The fourth-order valence-corrected chi connectivity index (χ4v) is 6.33. The van der Waals surface area contributed by atoms with E-state index in [1.807, 2.05) is 0 Å². The van der Waals surface area contributed by atoms with Crippen LogP contribution in [0.4, 0.5) is 0 Å². The van der Waals surface area contributed by atoms with Crippen LogP contribution >= 0.6 is 0 Å². The van der Waals surface area contributed by atoms with Crippen molar-refractivity contribution >= 4 is 5.97 Å². The average molecular weight is 753 g/mol. The van der Waals surface area contributed by atoms with E-state index >= 15 is 0 Å². The highest BCUT2D eigenvalue weighted by Gasteiger charge is 2.44. The lowest BCUT2D eigenvalue weighted by Crippen LogP contribution is -2.59. The van der Waals surface area contributed by atoms with E-state index in [9.17, 15) is 25.2 Å². The van der Waals surface area contributed by atoms with Gasteiger partial charge in [0.1, 0.15) is 30.5 Å². The van der Waals surface area contributed by atoms with Crippen LogP contribution < -0.4 is 0 Å². The van der Waals surface area contributed by atoms with E-state index in [2.05, 4.69) is 50.3 Å². The van der Waals surface area contributed by atoms with Gasteiger partial charge in [0.05, 0.1) is 19.8 Å². The number of hydrogen-bond donors (Lipinski definition) is 4. The maximum atomic E-state index is 12.7. The minimum Gasteiger partial charge on any atom is -0.457 e. The Morgan fingerprint density at radius 2 is 1.11 bits per heavy atom. The van der Waals surface area contributed by atoms with E-state index in [4.69, 9.17) is 18.9 Å². The predicted octanol–water partition coefficient (Wildman–Crippen LogP) is 9.19. The van der Waals surface area contributed by atoms with Gasteiger partial charge in [0.2, 0.25) is 0 Å². The molecule has 1 aliphatic rings. The Balaban J connectivity index is 2.28. The quantitative estimate of drug-likeness (QED) is 0.0281. The summed E-state index contributed by atoms with van der Waals surface area (Å²) in [5, 5.41) is 40.0. The van der Waals surface area contributed by atoms with E-state index in [0.717, 1.165) is 57.8 Å². The van der Waals surface area contributed by atoms with Crippen molar-refractivity contribution in [3.05, 3.63) is 36.5 Å². The van der Waals surface area contributed by atoms with Crippen molar-refractivity contribution in [2.24, 2.45) is 0 Å². The molecule has 0 amide bonds. The number of carbonyl (C=O) groups excluding carboxylic acids is 1. The molecule has 9 nitrogen and oxygen atoms in total. The summed E-state index contributed by atoms with van der Waals surface area (Å²) in [6.07, 6.45) is 34.5. The number of aliphatic hydroxyl groups excluding tert-OH is 4. The van der Waals surface area contributed by atoms with Gasteiger partial charge in [0.25, 0.3) is 0 Å². The fourth-order valence-electron chi connectivity index (χ4n) is 6.33. The molecule has 0 saturated carbocycles. The van der Waals surface area contributed by atoms with Crippen molar-refractivity contribution in [1.29, 1.82) is 0 Å². The summed E-state index contributed by atoms with van der Waals surface area (Å²) in [5.74, 6) is -0.325. The van der Waals surface area contributed by atoms with Gasteiger partial charge in [0, 0.05) is 13.0 Å². The molecule has 310 valence electrons. The number of aliphatic hydroxyl groups is 4. The number of unbranched alkanes of at least 4 members (excludes halogenated alkanes) is 19. The Bertz CT molecular complexity index is 905. The lowest BCUT2D eigenvalue weighted by atomic mass is 9.99. The molecule has 1 heterocycles. The van der Waals surface area contributed by atoms with Crippen molar-refractivity contribution in [3.8, 4) is 0 Å². The van der Waals surface area contributed by atoms with Crippen LogP contribution in [-0.4, -0.2) is 89.6 Å². The summed E-state index contributed by atoms with van der Waals surface area (Å²) in [6, 6.07) is 0. The third kappa shape index (κ3) is 27.6. The monoisotopic (exact) mass is 753 g/mol. The number of ether oxygens (including phenoxy) is 4. The minimum absolute atomic E-state index is 0.119. The van der Waals surface area contributed by atoms with Crippen LogP contribution in [0.1, 0.15) is 174 Å². The highest BCUT2D eigenvalue weighted by atomic mass is 16.7. The van der Waals surface area contributed by atoms with Crippen LogP contribution in [0.5, 0.6) is 0 Å². The lowest BCUT2D eigenvalue weighted by Gasteiger charge is -2.39. The van der Waals surface area contributed by atoms with Gasteiger partial charge in [-0.2, -0.15) is 0 Å². The van der Waals surface area contributed by atoms with E-state index < -0.39 is 43.4 Å². The second-order valence-electron chi connectivity index (χ2n) is 14.8. The van der Waals surface area contributed by atoms with Crippen LogP contribution in [-0.2, 0) is 23.7 Å². The number of allylic oxidation sites excluding steroid dienone is 6. The summed E-state index contributed by atoms with van der Waals surface area (Å²) in [5.41, 5.74) is 0. The molecule has 0 radical (unpaired) electrons. The molecule has 6 atom stereocenters. The molecule has 1 saturated heterocycles. The zero-order valence-corrected chi connectivity index (χ0v) is 33.8. The molecular formula is C44H80O9. The topological polar surface area (TPSA) is 135 Å². The van der Waals surface area contributed by atoms with E-state index in [0.29, 0.717) is 13.0 Å². The summed E-state index contributed by atoms with van der Waals surface area (Å²) in [6.45, 7) is 4.48. The summed E-state index contributed by atoms with van der Waals surface area (Å²) >= 11 is 0. The van der Waals surface area contributed by atoms with Crippen LogP contribution in [0.25, 0.3) is 0 Å². The third-order valence-corrected chi connectivity index (χ3v) is 9.78. The van der Waals surface area contributed by atoms with Gasteiger partial charge in [0.15, 0.2) is 6.29 Å². The Kier molecular flexibility index (Phi) is 33.6. The van der Waals surface area contributed by atoms with E-state index in [1.165, 1.54) is 96.3 Å². The first-order chi connectivity index (χ1) is 25.9.